The molecule has 0 aliphatic heterocycles. The summed E-state index contributed by atoms with van der Waals surface area (Å²) in [5.41, 5.74) is 6.00. The van der Waals surface area contributed by atoms with Crippen molar-refractivity contribution in [3.8, 4) is 0 Å². The molecule has 2 N–H and O–H groups in total. The van der Waals surface area contributed by atoms with Gasteiger partial charge in [-0.15, -0.1) is 0 Å². The van der Waals surface area contributed by atoms with E-state index in [9.17, 15) is 4.79 Å². The van der Waals surface area contributed by atoms with E-state index < -0.39 is 0 Å². The highest BCUT2D eigenvalue weighted by Crippen LogP contribution is 2.21. The summed E-state index contributed by atoms with van der Waals surface area (Å²) in [6.45, 7) is 1.77. The van der Waals surface area contributed by atoms with E-state index in [0.717, 1.165) is 9.86 Å². The molecule has 0 aliphatic carbocycles. The van der Waals surface area contributed by atoms with Crippen LogP contribution in [0.4, 0.5) is 0 Å². The number of pyridine rings is 1. The van der Waals surface area contributed by atoms with Crippen LogP contribution in [-0.2, 0) is 0 Å². The minimum absolute atomic E-state index is 0.305. The lowest BCUT2D eigenvalue weighted by atomic mass is 10.1. The molecule has 5 heteroatoms. The maximum absolute atomic E-state index is 12.0. The second-order valence-electron chi connectivity index (χ2n) is 3.74. The van der Waals surface area contributed by atoms with Crippen LogP contribution in [0.25, 0.3) is 10.8 Å². The van der Waals surface area contributed by atoms with Crippen LogP contribution in [0.2, 0.25) is 5.02 Å². The highest BCUT2D eigenvalue weighted by molar-refractivity contribution is 6.35. The Bertz CT molecular complexity index is 607. The third-order valence-electron chi connectivity index (χ3n) is 2.53. The monoisotopic (exact) mass is 232 g/mol. The van der Waals surface area contributed by atoms with Crippen molar-refractivity contribution in [2.24, 2.45) is 5.73 Å². The fourth-order valence-corrected chi connectivity index (χ4v) is 1.97. The van der Waals surface area contributed by atoms with Gasteiger partial charge in [-0.25, -0.2) is 0 Å². The Morgan fingerprint density at radius 1 is 1.50 bits per heavy atom. The molecule has 0 fully saturated rings. The first-order chi connectivity index (χ1) is 7.52. The second-order valence-corrected chi connectivity index (χ2v) is 4.14. The van der Waals surface area contributed by atoms with Crippen molar-refractivity contribution in [2.45, 2.75) is 13.0 Å². The fourth-order valence-electron chi connectivity index (χ4n) is 1.70. The van der Waals surface area contributed by atoms with Gasteiger partial charge in [-0.1, -0.05) is 23.7 Å². The molecule has 80 valence electrons. The van der Waals surface area contributed by atoms with Crippen LogP contribution in [0.3, 0.4) is 0 Å². The number of nitrogens with zero attached hydrogens (tertiary/aromatic N) is 1. The molecule has 0 aliphatic rings. The first-order valence-corrected chi connectivity index (χ1v) is 5.25. The van der Waals surface area contributed by atoms with Gasteiger partial charge in [0.1, 0.15) is 0 Å². The van der Waals surface area contributed by atoms with Crippen LogP contribution in [0.15, 0.2) is 29.1 Å². The Hall–Kier alpha value is -1.26. The molecule has 1 aromatic heterocycles. The molecule has 0 saturated carbocycles. The van der Waals surface area contributed by atoms with Crippen molar-refractivity contribution in [1.82, 2.24) is 4.48 Å². The van der Waals surface area contributed by atoms with Gasteiger partial charge in [-0.2, -0.15) is 0 Å². The molecular formula is C11H10BClN2O. The maximum Gasteiger partial charge on any atom is 0.247 e. The number of hydrogen-bond donors (Lipinski definition) is 1. The third kappa shape index (κ3) is 1.64. The number of rotatable bonds is 1. The molecule has 3 nitrogen and oxygen atoms in total. The van der Waals surface area contributed by atoms with Gasteiger partial charge in [0.2, 0.25) is 13.5 Å². The summed E-state index contributed by atoms with van der Waals surface area (Å²) in [6, 6.07) is 6.75. The quantitative estimate of drug-likeness (QED) is 0.759. The van der Waals surface area contributed by atoms with Crippen LogP contribution < -0.4 is 11.3 Å². The lowest BCUT2D eigenvalue weighted by Gasteiger charge is -2.14. The molecule has 16 heavy (non-hydrogen) atoms. The highest BCUT2D eigenvalue weighted by Gasteiger charge is 2.10. The average molecular weight is 232 g/mol. The number of halogens is 1. The molecule has 2 rings (SSSR count). The van der Waals surface area contributed by atoms with Crippen molar-refractivity contribution < 1.29 is 0 Å². The van der Waals surface area contributed by atoms with E-state index in [2.05, 4.69) is 0 Å². The van der Waals surface area contributed by atoms with Gasteiger partial charge in [-0.3, -0.25) is 4.79 Å². The molecule has 0 spiro atoms. The van der Waals surface area contributed by atoms with Gasteiger partial charge < -0.3 is 10.2 Å². The molecule has 1 atom stereocenters. The Labute approximate surface area is 99.3 Å². The largest absolute Gasteiger partial charge is 0.367 e. The molecule has 2 aromatic rings. The lowest BCUT2D eigenvalue weighted by molar-refractivity contribution is 0.760. The van der Waals surface area contributed by atoms with E-state index in [1.54, 1.807) is 25.1 Å². The molecule has 0 unspecified atom stereocenters. The van der Waals surface area contributed by atoms with Crippen molar-refractivity contribution in [3.63, 3.8) is 0 Å². The topological polar surface area (TPSA) is 48.0 Å². The number of nitrogens with two attached hydrogens (primary N) is 1. The predicted octanol–water partition coefficient (Wildman–Crippen LogP) is 1.61. The highest BCUT2D eigenvalue weighted by atomic mass is 35.5. The smallest absolute Gasteiger partial charge is 0.247 e. The zero-order valence-electron chi connectivity index (χ0n) is 8.77. The summed E-state index contributed by atoms with van der Waals surface area (Å²) < 4.78 is 1.05. The SMILES string of the molecule is [B]n1c([C@H](C)N)cc2cccc(Cl)c2c1=O. The molecule has 0 saturated heterocycles. The van der Waals surface area contributed by atoms with E-state index in [1.165, 1.54) is 0 Å². The van der Waals surface area contributed by atoms with Gasteiger partial charge in [-0.05, 0) is 24.4 Å². The van der Waals surface area contributed by atoms with Gasteiger partial charge in [0.05, 0.1) is 10.4 Å². The molecule has 0 bridgehead atoms. The Morgan fingerprint density at radius 3 is 2.81 bits per heavy atom. The summed E-state index contributed by atoms with van der Waals surface area (Å²) in [5, 5.41) is 1.58. The number of aromatic nitrogens is 1. The summed E-state index contributed by atoms with van der Waals surface area (Å²) in [6.07, 6.45) is 0. The summed E-state index contributed by atoms with van der Waals surface area (Å²) in [5.74, 6) is 0. The number of benzene rings is 1. The van der Waals surface area contributed by atoms with Crippen LogP contribution in [0.1, 0.15) is 18.7 Å². The van der Waals surface area contributed by atoms with E-state index >= 15 is 0 Å². The third-order valence-corrected chi connectivity index (χ3v) is 2.84. The Morgan fingerprint density at radius 2 is 2.19 bits per heavy atom. The van der Waals surface area contributed by atoms with Crippen LogP contribution in [0.5, 0.6) is 0 Å². The summed E-state index contributed by atoms with van der Waals surface area (Å²) >= 11 is 5.97. The Kier molecular flexibility index (Phi) is 2.78. The molecule has 1 aromatic carbocycles. The fraction of sp³-hybridized carbons (Fsp3) is 0.182. The van der Waals surface area contributed by atoms with Gasteiger partial charge >= 0.3 is 0 Å². The summed E-state index contributed by atoms with van der Waals surface area (Å²) in [4.78, 5) is 12.0. The molecule has 1 heterocycles. The molecule has 0 amide bonds. The first-order valence-electron chi connectivity index (χ1n) is 4.87. The Balaban J connectivity index is 2.95. The van der Waals surface area contributed by atoms with Crippen molar-refractivity contribution in [2.75, 3.05) is 0 Å². The summed E-state index contributed by atoms with van der Waals surface area (Å²) in [7, 11) is 5.68. The standard InChI is InChI=1S/C11H10BClN2O/c1-6(14)9-5-7-3-2-4-8(13)10(7)11(16)15(9)12/h2-6H,14H2,1H3/t6-/m0/s1. The predicted molar refractivity (Wildman–Crippen MR) is 67.0 cm³/mol. The zero-order valence-corrected chi connectivity index (χ0v) is 9.53. The van der Waals surface area contributed by atoms with Crippen LogP contribution in [-0.4, -0.2) is 12.5 Å². The molecular weight excluding hydrogens is 222 g/mol. The number of fused-ring (bicyclic) bond motifs is 1. The lowest BCUT2D eigenvalue weighted by Crippen LogP contribution is -2.25. The van der Waals surface area contributed by atoms with Crippen molar-refractivity contribution in [3.05, 3.63) is 45.3 Å². The van der Waals surface area contributed by atoms with E-state index in [1.807, 2.05) is 6.07 Å². The van der Waals surface area contributed by atoms with Crippen LogP contribution in [0, 0.1) is 0 Å². The van der Waals surface area contributed by atoms with Crippen LogP contribution >= 0.6 is 11.6 Å². The normalized spacial score (nSPS) is 12.9. The molecule has 2 radical (unpaired) electrons. The minimum Gasteiger partial charge on any atom is -0.367 e. The average Bonchev–Trinajstić information content (AvgIpc) is 2.22. The van der Waals surface area contributed by atoms with Gasteiger partial charge in [0.15, 0.2) is 0 Å². The first kappa shape index (κ1) is 11.2. The zero-order chi connectivity index (χ0) is 11.9. The van der Waals surface area contributed by atoms with Gasteiger partial charge in [0.25, 0.3) is 0 Å². The van der Waals surface area contributed by atoms with E-state index in [4.69, 9.17) is 25.3 Å². The van der Waals surface area contributed by atoms with E-state index in [-0.39, 0.29) is 11.6 Å². The van der Waals surface area contributed by atoms with Crippen molar-refractivity contribution >= 4 is 30.4 Å². The maximum atomic E-state index is 12.0. The second kappa shape index (κ2) is 3.96. The van der Waals surface area contributed by atoms with Gasteiger partial charge in [0, 0.05) is 11.7 Å². The van der Waals surface area contributed by atoms with Crippen molar-refractivity contribution in [1.29, 1.82) is 0 Å². The van der Waals surface area contributed by atoms with E-state index in [0.29, 0.717) is 16.1 Å². The number of hydrogen-bond acceptors (Lipinski definition) is 2. The minimum atomic E-state index is -0.324.